The van der Waals surface area contributed by atoms with Gasteiger partial charge in [0.25, 0.3) is 11.9 Å². The average molecular weight is 441 g/mol. The molecule has 0 aromatic heterocycles. The molecular weight excluding hydrogens is 396 g/mol. The van der Waals surface area contributed by atoms with Gasteiger partial charge in [0.15, 0.2) is 0 Å². The van der Waals surface area contributed by atoms with E-state index >= 15 is 0 Å². The lowest BCUT2D eigenvalue weighted by atomic mass is 9.67. The summed E-state index contributed by atoms with van der Waals surface area (Å²) >= 11 is 0. The summed E-state index contributed by atoms with van der Waals surface area (Å²) in [4.78, 5) is 25.2. The second kappa shape index (κ2) is 10.6. The minimum atomic E-state index is -0.142. The Morgan fingerprint density at radius 3 is 1.03 bits per heavy atom. The van der Waals surface area contributed by atoms with Crippen molar-refractivity contribution in [3.05, 3.63) is 0 Å². The van der Waals surface area contributed by atoms with Crippen LogP contribution >= 0.6 is 0 Å². The zero-order chi connectivity index (χ0) is 23.3. The van der Waals surface area contributed by atoms with Gasteiger partial charge in [-0.05, 0) is 33.7 Å². The molecule has 0 N–H and O–H groups in total. The normalized spacial score (nSPS) is 13.7. The molecule has 0 amide bonds. The molecule has 4 radical (unpaired) electrons. The Bertz CT molecular complexity index is 455. The van der Waals surface area contributed by atoms with Crippen molar-refractivity contribution in [3.63, 3.8) is 0 Å². The van der Waals surface area contributed by atoms with Crippen molar-refractivity contribution in [2.24, 2.45) is 33.5 Å². The number of rotatable bonds is 8. The molecule has 29 heavy (non-hydrogen) atoms. The molecule has 168 valence electrons. The van der Waals surface area contributed by atoms with Gasteiger partial charge in [-0.2, -0.15) is 0 Å². The van der Waals surface area contributed by atoms with Crippen LogP contribution in [0.2, 0.25) is 12.1 Å². The van der Waals surface area contributed by atoms with Crippen LogP contribution in [0.15, 0.2) is 0 Å². The van der Waals surface area contributed by atoms with Crippen molar-refractivity contribution in [2.75, 3.05) is 0 Å². The lowest BCUT2D eigenvalue weighted by Crippen LogP contribution is -2.40. The van der Waals surface area contributed by atoms with Crippen LogP contribution in [0.5, 0.6) is 0 Å². The van der Waals surface area contributed by atoms with Crippen LogP contribution in [0.1, 0.15) is 89.5 Å². The number of carbonyl (C=O) groups excluding carboxylic acids is 2. The Balaban J connectivity index is 4.36. The zero-order valence-electron chi connectivity index (χ0n) is 20.9. The fourth-order valence-corrected chi connectivity index (χ4v) is 6.33. The molecule has 0 aromatic carbocycles. The van der Waals surface area contributed by atoms with Crippen LogP contribution in [0.4, 0.5) is 0 Å². The monoisotopic (exact) mass is 440 g/mol. The highest BCUT2D eigenvalue weighted by Gasteiger charge is 2.42. The van der Waals surface area contributed by atoms with Crippen molar-refractivity contribution in [1.29, 1.82) is 0 Å². The van der Waals surface area contributed by atoms with Gasteiger partial charge in [0, 0.05) is 0 Å². The van der Waals surface area contributed by atoms with E-state index in [0.29, 0.717) is 0 Å². The van der Waals surface area contributed by atoms with Gasteiger partial charge >= 0.3 is 19.5 Å². The first kappa shape index (κ1) is 28.4. The molecule has 0 atom stereocenters. The molecule has 0 unspecified atom stereocenters. The van der Waals surface area contributed by atoms with Crippen LogP contribution < -0.4 is 0 Å². The van der Waals surface area contributed by atoms with Gasteiger partial charge < -0.3 is 8.85 Å². The van der Waals surface area contributed by atoms with Crippen molar-refractivity contribution < 1.29 is 18.4 Å². The SMILES string of the molecule is CC(C)(C)C(C(=O)O[Si]CCC[Si]OC(=O)C(C(C)(C)C)C(C)(C)C)C(C)(C)C. The molecule has 0 saturated heterocycles. The van der Waals surface area contributed by atoms with Gasteiger partial charge in [-0.1, -0.05) is 89.5 Å². The van der Waals surface area contributed by atoms with E-state index in [9.17, 15) is 9.59 Å². The largest absolute Gasteiger partial charge is 0.516 e. The molecule has 0 heterocycles. The molecule has 6 heteroatoms. The molecule has 0 bridgehead atoms. The first-order chi connectivity index (χ1) is 12.8. The number of hydrogen-bond acceptors (Lipinski definition) is 4. The molecule has 0 saturated carbocycles. The summed E-state index contributed by atoms with van der Waals surface area (Å²) in [6, 6.07) is 1.64. The minimum Gasteiger partial charge on any atom is -0.516 e. The van der Waals surface area contributed by atoms with Crippen molar-refractivity contribution in [1.82, 2.24) is 0 Å². The van der Waals surface area contributed by atoms with E-state index in [1.54, 1.807) is 0 Å². The molecule has 0 aromatic rings. The minimum absolute atomic E-state index is 0.101. The zero-order valence-corrected chi connectivity index (χ0v) is 22.9. The van der Waals surface area contributed by atoms with Crippen LogP contribution in [0.25, 0.3) is 0 Å². The second-order valence-corrected chi connectivity index (χ2v) is 14.3. The third-order valence-corrected chi connectivity index (χ3v) is 6.65. The molecule has 0 aliphatic carbocycles. The lowest BCUT2D eigenvalue weighted by molar-refractivity contribution is -0.149. The Labute approximate surface area is 185 Å². The summed E-state index contributed by atoms with van der Waals surface area (Å²) in [6.45, 7) is 25.1. The molecular formula is C23H44O4Si2. The summed E-state index contributed by atoms with van der Waals surface area (Å²) in [5, 5.41) is 0. The summed E-state index contributed by atoms with van der Waals surface area (Å²) in [5.41, 5.74) is -0.532. The smallest absolute Gasteiger partial charge is 0.314 e. The highest BCUT2D eigenvalue weighted by Crippen LogP contribution is 2.41. The van der Waals surface area contributed by atoms with Gasteiger partial charge in [-0.15, -0.1) is 0 Å². The third kappa shape index (κ3) is 10.3. The Morgan fingerprint density at radius 1 is 0.586 bits per heavy atom. The van der Waals surface area contributed by atoms with E-state index < -0.39 is 0 Å². The standard InChI is InChI=1S/C23H44O4Si2/c1-20(2,3)16(21(4,5)6)18(24)26-28-14-13-15-29-27-19(25)17(22(7,8)9)23(10,11)12/h16-17H,13-15H2,1-12H3. The van der Waals surface area contributed by atoms with Gasteiger partial charge in [0.1, 0.15) is 0 Å². The van der Waals surface area contributed by atoms with Crippen LogP contribution in [-0.2, 0) is 18.4 Å². The van der Waals surface area contributed by atoms with Gasteiger partial charge in [-0.25, -0.2) is 0 Å². The van der Waals surface area contributed by atoms with E-state index in [1.165, 1.54) is 0 Å². The maximum Gasteiger partial charge on any atom is 0.314 e. The lowest BCUT2D eigenvalue weighted by Gasteiger charge is -2.38. The average Bonchev–Trinajstić information content (AvgIpc) is 2.39. The Kier molecular flexibility index (Phi) is 10.4. The maximum absolute atomic E-state index is 12.6. The van der Waals surface area contributed by atoms with Crippen molar-refractivity contribution in [2.45, 2.75) is 102 Å². The predicted octanol–water partition coefficient (Wildman–Crippen LogP) is 5.95. The van der Waals surface area contributed by atoms with Crippen LogP contribution in [0.3, 0.4) is 0 Å². The van der Waals surface area contributed by atoms with E-state index in [0.717, 1.165) is 18.5 Å². The van der Waals surface area contributed by atoms with E-state index in [1.807, 2.05) is 0 Å². The summed E-state index contributed by atoms with van der Waals surface area (Å²) < 4.78 is 11.2. The van der Waals surface area contributed by atoms with Crippen molar-refractivity contribution in [3.8, 4) is 0 Å². The van der Waals surface area contributed by atoms with E-state index in [-0.39, 0.29) is 65.0 Å². The second-order valence-electron chi connectivity index (χ2n) is 12.3. The Hall–Kier alpha value is -0.626. The summed E-state index contributed by atoms with van der Waals surface area (Å²) in [7, 11) is 0.322. The maximum atomic E-state index is 12.6. The van der Waals surface area contributed by atoms with Gasteiger partial charge in [0.2, 0.25) is 0 Å². The molecule has 0 aliphatic heterocycles. The third-order valence-electron chi connectivity index (χ3n) is 4.84. The summed E-state index contributed by atoms with van der Waals surface area (Å²) in [6.07, 6.45) is 0.892. The highest BCUT2D eigenvalue weighted by atomic mass is 28.2. The first-order valence-electron chi connectivity index (χ1n) is 10.7. The van der Waals surface area contributed by atoms with E-state index in [2.05, 4.69) is 83.1 Å². The predicted molar refractivity (Wildman–Crippen MR) is 123 cm³/mol. The van der Waals surface area contributed by atoms with Crippen LogP contribution in [0, 0.1) is 33.5 Å². The summed E-state index contributed by atoms with van der Waals surface area (Å²) in [5.74, 6) is -0.486. The number of hydrogen-bond donors (Lipinski definition) is 0. The number of carbonyl (C=O) groups is 2. The molecule has 0 spiro atoms. The van der Waals surface area contributed by atoms with Crippen molar-refractivity contribution >= 4 is 31.5 Å². The first-order valence-corrected chi connectivity index (χ1v) is 12.9. The Morgan fingerprint density at radius 2 is 0.828 bits per heavy atom. The molecule has 0 fully saturated rings. The van der Waals surface area contributed by atoms with Gasteiger partial charge in [0.05, 0.1) is 11.8 Å². The topological polar surface area (TPSA) is 52.6 Å². The fraction of sp³-hybridized carbons (Fsp3) is 0.913. The molecule has 4 nitrogen and oxygen atoms in total. The fourth-order valence-electron chi connectivity index (χ4n) is 4.61. The van der Waals surface area contributed by atoms with E-state index in [4.69, 9.17) is 8.85 Å². The highest BCUT2D eigenvalue weighted by molar-refractivity contribution is 6.32. The van der Waals surface area contributed by atoms with Gasteiger partial charge in [-0.3, -0.25) is 9.59 Å². The molecule has 0 rings (SSSR count). The quantitative estimate of drug-likeness (QED) is 0.345. The van der Waals surface area contributed by atoms with Crippen LogP contribution in [-0.4, -0.2) is 31.5 Å². The molecule has 0 aliphatic rings.